The van der Waals surface area contributed by atoms with E-state index < -0.39 is 0 Å². The van der Waals surface area contributed by atoms with Crippen LogP contribution in [0.2, 0.25) is 0 Å². The number of nitrogens with zero attached hydrogens (tertiary/aromatic N) is 3. The summed E-state index contributed by atoms with van der Waals surface area (Å²) >= 11 is 3.38. The topological polar surface area (TPSA) is 53.1 Å². The molecule has 0 spiro atoms. The van der Waals surface area contributed by atoms with Gasteiger partial charge in [0.15, 0.2) is 0 Å². The minimum absolute atomic E-state index is 0.618. The summed E-state index contributed by atoms with van der Waals surface area (Å²) < 4.78 is 2.96. The molecule has 3 rings (SSSR count). The van der Waals surface area contributed by atoms with Gasteiger partial charge in [0, 0.05) is 10.7 Å². The van der Waals surface area contributed by atoms with Crippen LogP contribution in [-0.2, 0) is 6.54 Å². The van der Waals surface area contributed by atoms with Gasteiger partial charge in [-0.3, -0.25) is 0 Å². The number of nitrogens with one attached hydrogen (secondary N) is 1. The third-order valence-corrected chi connectivity index (χ3v) is 3.87. The summed E-state index contributed by atoms with van der Waals surface area (Å²) in [5.74, 6) is 0. The Labute approximate surface area is 131 Å². The summed E-state index contributed by atoms with van der Waals surface area (Å²) in [6.07, 6.45) is 2.00. The molecule has 0 atom stereocenters. The lowest BCUT2D eigenvalue weighted by molar-refractivity contribution is 0.986. The van der Waals surface area contributed by atoms with Gasteiger partial charge in [-0.2, -0.15) is 5.26 Å². The Kier molecular flexibility index (Phi) is 3.63. The van der Waals surface area contributed by atoms with E-state index in [4.69, 9.17) is 0 Å². The van der Waals surface area contributed by atoms with E-state index in [1.165, 1.54) is 0 Å². The van der Waals surface area contributed by atoms with E-state index >= 15 is 0 Å². The van der Waals surface area contributed by atoms with Crippen molar-refractivity contribution < 1.29 is 0 Å². The third kappa shape index (κ3) is 2.63. The zero-order chi connectivity index (χ0) is 14.8. The fraction of sp³-hybridized carbons (Fsp3) is 0.125. The number of aromatic nitrogens is 2. The number of anilines is 1. The van der Waals surface area contributed by atoms with Crippen LogP contribution >= 0.6 is 15.9 Å². The van der Waals surface area contributed by atoms with E-state index in [-0.39, 0.29) is 0 Å². The van der Waals surface area contributed by atoms with Crippen LogP contribution in [0.25, 0.3) is 5.65 Å². The van der Waals surface area contributed by atoms with Gasteiger partial charge in [-0.25, -0.2) is 4.98 Å². The molecule has 0 aliphatic rings. The minimum Gasteiger partial charge on any atom is -0.378 e. The maximum atomic E-state index is 9.20. The molecule has 1 N–H and O–H groups in total. The molecule has 0 aliphatic carbocycles. The zero-order valence-corrected chi connectivity index (χ0v) is 13.1. The molecule has 104 valence electrons. The third-order valence-electron chi connectivity index (χ3n) is 3.38. The molecule has 2 heterocycles. The molecule has 0 fully saturated rings. The van der Waals surface area contributed by atoms with Crippen molar-refractivity contribution in [2.24, 2.45) is 0 Å². The molecule has 0 aliphatic heterocycles. The highest BCUT2D eigenvalue weighted by molar-refractivity contribution is 9.10. The monoisotopic (exact) mass is 340 g/mol. The van der Waals surface area contributed by atoms with Crippen LogP contribution in [0.5, 0.6) is 0 Å². The molecule has 0 radical (unpaired) electrons. The summed E-state index contributed by atoms with van der Waals surface area (Å²) in [5, 5.41) is 12.5. The largest absolute Gasteiger partial charge is 0.378 e. The number of aryl methyl sites for hydroxylation is 1. The number of fused-ring (bicyclic) bond motifs is 1. The van der Waals surface area contributed by atoms with Crippen LogP contribution in [0.4, 0.5) is 5.69 Å². The van der Waals surface area contributed by atoms with Crippen molar-refractivity contribution in [1.29, 1.82) is 5.26 Å². The van der Waals surface area contributed by atoms with E-state index in [9.17, 15) is 5.26 Å². The van der Waals surface area contributed by atoms with Crippen molar-refractivity contribution in [3.63, 3.8) is 0 Å². The average Bonchev–Trinajstić information content (AvgIpc) is 2.81. The van der Waals surface area contributed by atoms with Crippen molar-refractivity contribution >= 4 is 27.3 Å². The standard InChI is InChI=1S/C16H13BrN4/c1-11-15(21-7-3-2-4-16(21)20-11)10-19-14-6-5-13(17)8-12(14)9-18/h2-8,19H,10H2,1H3. The van der Waals surface area contributed by atoms with Gasteiger partial charge in [-0.1, -0.05) is 22.0 Å². The number of rotatable bonds is 3. The lowest BCUT2D eigenvalue weighted by atomic mass is 10.2. The van der Waals surface area contributed by atoms with Crippen LogP contribution in [0.1, 0.15) is 17.0 Å². The Hall–Kier alpha value is -2.32. The predicted octanol–water partition coefficient (Wildman–Crippen LogP) is 3.89. The van der Waals surface area contributed by atoms with Gasteiger partial charge >= 0.3 is 0 Å². The average molecular weight is 341 g/mol. The van der Waals surface area contributed by atoms with Gasteiger partial charge in [0.2, 0.25) is 0 Å². The first-order valence-corrected chi connectivity index (χ1v) is 7.34. The Bertz CT molecular complexity index is 845. The second-order valence-electron chi connectivity index (χ2n) is 4.73. The number of imidazole rings is 1. The highest BCUT2D eigenvalue weighted by Gasteiger charge is 2.09. The number of pyridine rings is 1. The number of hydrogen-bond acceptors (Lipinski definition) is 3. The van der Waals surface area contributed by atoms with Crippen molar-refractivity contribution in [3.8, 4) is 6.07 Å². The maximum absolute atomic E-state index is 9.20. The Morgan fingerprint density at radius 1 is 1.33 bits per heavy atom. The molecule has 21 heavy (non-hydrogen) atoms. The second-order valence-corrected chi connectivity index (χ2v) is 5.64. The first-order chi connectivity index (χ1) is 10.2. The van der Waals surface area contributed by atoms with Crippen LogP contribution < -0.4 is 5.32 Å². The number of benzene rings is 1. The first-order valence-electron chi connectivity index (χ1n) is 6.55. The van der Waals surface area contributed by atoms with Crippen molar-refractivity contribution in [3.05, 3.63) is 64.0 Å². The zero-order valence-electron chi connectivity index (χ0n) is 11.5. The van der Waals surface area contributed by atoms with Gasteiger partial charge in [0.1, 0.15) is 11.7 Å². The normalized spacial score (nSPS) is 10.5. The maximum Gasteiger partial charge on any atom is 0.137 e. The van der Waals surface area contributed by atoms with Gasteiger partial charge in [0.05, 0.1) is 29.2 Å². The Balaban J connectivity index is 1.91. The molecule has 2 aromatic heterocycles. The molecule has 0 amide bonds. The first kappa shape index (κ1) is 13.7. The fourth-order valence-corrected chi connectivity index (χ4v) is 2.68. The molecule has 0 saturated carbocycles. The summed E-state index contributed by atoms with van der Waals surface area (Å²) in [6.45, 7) is 2.62. The smallest absolute Gasteiger partial charge is 0.137 e. The number of nitriles is 1. The van der Waals surface area contributed by atoms with Crippen molar-refractivity contribution in [1.82, 2.24) is 9.38 Å². The van der Waals surface area contributed by atoms with Crippen molar-refractivity contribution in [2.75, 3.05) is 5.32 Å². The lowest BCUT2D eigenvalue weighted by Gasteiger charge is -2.09. The van der Waals surface area contributed by atoms with Crippen LogP contribution in [0.3, 0.4) is 0 Å². The Morgan fingerprint density at radius 2 is 2.19 bits per heavy atom. The summed E-state index contributed by atoms with van der Waals surface area (Å²) in [4.78, 5) is 4.53. The lowest BCUT2D eigenvalue weighted by Crippen LogP contribution is -2.05. The summed E-state index contributed by atoms with van der Waals surface area (Å²) in [6, 6.07) is 13.8. The molecule has 0 bridgehead atoms. The van der Waals surface area contributed by atoms with Crippen LogP contribution in [0.15, 0.2) is 47.1 Å². The molecule has 5 heteroatoms. The van der Waals surface area contributed by atoms with E-state index in [0.29, 0.717) is 12.1 Å². The van der Waals surface area contributed by atoms with E-state index in [1.54, 1.807) is 0 Å². The van der Waals surface area contributed by atoms with Crippen molar-refractivity contribution in [2.45, 2.75) is 13.5 Å². The molecular weight excluding hydrogens is 328 g/mol. The Morgan fingerprint density at radius 3 is 3.00 bits per heavy atom. The van der Waals surface area contributed by atoms with Gasteiger partial charge in [0.25, 0.3) is 0 Å². The number of hydrogen-bond donors (Lipinski definition) is 1. The van der Waals surface area contributed by atoms with E-state index in [1.807, 2.05) is 49.5 Å². The fourth-order valence-electron chi connectivity index (χ4n) is 2.32. The van der Waals surface area contributed by atoms with Gasteiger partial charge < -0.3 is 9.72 Å². The molecule has 0 saturated heterocycles. The summed E-state index contributed by atoms with van der Waals surface area (Å²) in [5.41, 5.74) is 4.46. The highest BCUT2D eigenvalue weighted by atomic mass is 79.9. The van der Waals surface area contributed by atoms with E-state index in [0.717, 1.165) is 27.2 Å². The summed E-state index contributed by atoms with van der Waals surface area (Å²) in [7, 11) is 0. The SMILES string of the molecule is Cc1nc2ccccn2c1CNc1ccc(Br)cc1C#N. The molecule has 4 nitrogen and oxygen atoms in total. The predicted molar refractivity (Wildman–Crippen MR) is 86.1 cm³/mol. The minimum atomic E-state index is 0.618. The van der Waals surface area contributed by atoms with Crippen LogP contribution in [-0.4, -0.2) is 9.38 Å². The molecular formula is C16H13BrN4. The highest BCUT2D eigenvalue weighted by Crippen LogP contribution is 2.21. The molecule has 1 aromatic carbocycles. The quantitative estimate of drug-likeness (QED) is 0.786. The van der Waals surface area contributed by atoms with Gasteiger partial charge in [-0.15, -0.1) is 0 Å². The number of halogens is 1. The van der Waals surface area contributed by atoms with Crippen LogP contribution in [0, 0.1) is 18.3 Å². The molecule has 3 aromatic rings. The second kappa shape index (κ2) is 5.58. The van der Waals surface area contributed by atoms with E-state index in [2.05, 4.69) is 36.7 Å². The molecule has 0 unspecified atom stereocenters. The van der Waals surface area contributed by atoms with Gasteiger partial charge in [-0.05, 0) is 37.3 Å².